The van der Waals surface area contributed by atoms with Crippen LogP contribution in [-0.2, 0) is 11.3 Å². The van der Waals surface area contributed by atoms with Crippen LogP contribution in [0.15, 0.2) is 71.3 Å². The second-order valence-corrected chi connectivity index (χ2v) is 7.83. The summed E-state index contributed by atoms with van der Waals surface area (Å²) in [6.45, 7) is 3.34. The summed E-state index contributed by atoms with van der Waals surface area (Å²) in [5, 5.41) is 16.7. The highest BCUT2D eigenvalue weighted by Crippen LogP contribution is 2.34. The number of amides is 1. The van der Waals surface area contributed by atoms with Crippen molar-refractivity contribution in [3.8, 4) is 22.6 Å². The lowest BCUT2D eigenvalue weighted by Gasteiger charge is -2.15. The van der Waals surface area contributed by atoms with Crippen LogP contribution in [0.2, 0.25) is 5.02 Å². The summed E-state index contributed by atoms with van der Waals surface area (Å²) in [6.07, 6.45) is -1.20. The summed E-state index contributed by atoms with van der Waals surface area (Å²) in [5.41, 5.74) is 4.46. The third-order valence-corrected chi connectivity index (χ3v) is 5.45. The van der Waals surface area contributed by atoms with Crippen molar-refractivity contribution in [3.63, 3.8) is 0 Å². The number of carbonyl (C=O) groups excluding carboxylic acids is 1. The van der Waals surface area contributed by atoms with Crippen molar-refractivity contribution in [2.75, 3.05) is 5.32 Å². The van der Waals surface area contributed by atoms with E-state index in [0.717, 1.165) is 5.56 Å². The summed E-state index contributed by atoms with van der Waals surface area (Å²) in [6, 6.07) is 20.1. The smallest absolute Gasteiger partial charge is 0.412 e. The normalized spacial score (nSPS) is 11.8. The molecule has 0 fully saturated rings. The molecule has 0 radical (unpaired) electrons. The molecule has 0 aliphatic rings. The Morgan fingerprint density at radius 3 is 2.67 bits per heavy atom. The van der Waals surface area contributed by atoms with Gasteiger partial charge in [-0.15, -0.1) is 0 Å². The Morgan fingerprint density at radius 2 is 1.88 bits per heavy atom. The van der Waals surface area contributed by atoms with E-state index in [0.29, 0.717) is 44.7 Å². The fourth-order valence-corrected chi connectivity index (χ4v) is 3.71. The summed E-state index contributed by atoms with van der Waals surface area (Å²) in [5.74, 6) is 0.398. The van der Waals surface area contributed by atoms with E-state index < -0.39 is 12.2 Å². The number of aliphatic hydroxyl groups is 1. The Bertz CT molecular complexity index is 1290. The number of nitrogens with zero attached hydrogens (tertiary/aromatic N) is 2. The Labute approximate surface area is 196 Å². The SMILES string of the molecule is Cc1noc(-c2cccc(-c3cccc(CO)n3)c2)c1NC(=O)OC(C)c1ccccc1Cl. The van der Waals surface area contributed by atoms with E-state index in [1.165, 1.54) is 0 Å². The summed E-state index contributed by atoms with van der Waals surface area (Å²) in [7, 11) is 0. The maximum Gasteiger partial charge on any atom is 0.412 e. The van der Waals surface area contributed by atoms with Crippen molar-refractivity contribution in [1.82, 2.24) is 10.1 Å². The van der Waals surface area contributed by atoms with Crippen LogP contribution in [0.1, 0.15) is 30.0 Å². The molecule has 0 saturated heterocycles. The average Bonchev–Trinajstić information content (AvgIpc) is 3.19. The molecule has 2 N–H and O–H groups in total. The maximum atomic E-state index is 12.6. The van der Waals surface area contributed by atoms with Crippen LogP contribution in [0.4, 0.5) is 10.5 Å². The molecule has 1 amide bonds. The Morgan fingerprint density at radius 1 is 1.12 bits per heavy atom. The number of aliphatic hydroxyl groups excluding tert-OH is 1. The Balaban J connectivity index is 1.57. The van der Waals surface area contributed by atoms with Gasteiger partial charge in [0.25, 0.3) is 0 Å². The summed E-state index contributed by atoms with van der Waals surface area (Å²) in [4.78, 5) is 17.1. The van der Waals surface area contributed by atoms with Crippen molar-refractivity contribution in [2.45, 2.75) is 26.6 Å². The lowest BCUT2D eigenvalue weighted by atomic mass is 10.0. The topological polar surface area (TPSA) is 97.5 Å². The molecular weight excluding hydrogens is 442 g/mol. The van der Waals surface area contributed by atoms with Gasteiger partial charge in [0.15, 0.2) is 5.76 Å². The first-order valence-corrected chi connectivity index (χ1v) is 10.7. The lowest BCUT2D eigenvalue weighted by Crippen LogP contribution is -2.17. The van der Waals surface area contributed by atoms with Crippen molar-refractivity contribution < 1.29 is 19.2 Å². The van der Waals surface area contributed by atoms with Gasteiger partial charge >= 0.3 is 6.09 Å². The third-order valence-electron chi connectivity index (χ3n) is 5.11. The Kier molecular flexibility index (Phi) is 6.72. The van der Waals surface area contributed by atoms with Crippen molar-refractivity contribution >= 4 is 23.4 Å². The predicted molar refractivity (Wildman–Crippen MR) is 126 cm³/mol. The number of rotatable bonds is 6. The van der Waals surface area contributed by atoms with Gasteiger partial charge in [0.2, 0.25) is 0 Å². The van der Waals surface area contributed by atoms with Crippen LogP contribution in [-0.4, -0.2) is 21.3 Å². The fraction of sp³-hybridized carbons (Fsp3) is 0.160. The number of halogens is 1. The fourth-order valence-electron chi connectivity index (χ4n) is 3.42. The summed E-state index contributed by atoms with van der Waals surface area (Å²) >= 11 is 6.20. The van der Waals surface area contributed by atoms with Gasteiger partial charge in [-0.1, -0.05) is 59.2 Å². The molecule has 4 rings (SSSR count). The van der Waals surface area contributed by atoms with Gasteiger partial charge in [0.05, 0.1) is 18.0 Å². The van der Waals surface area contributed by atoms with Gasteiger partial charge in [-0.2, -0.15) is 0 Å². The number of aryl methyl sites for hydroxylation is 1. The monoisotopic (exact) mass is 463 g/mol. The van der Waals surface area contributed by atoms with Gasteiger partial charge < -0.3 is 14.4 Å². The van der Waals surface area contributed by atoms with Crippen LogP contribution in [0.3, 0.4) is 0 Å². The average molecular weight is 464 g/mol. The highest BCUT2D eigenvalue weighted by atomic mass is 35.5. The first kappa shape index (κ1) is 22.5. The standard InChI is InChI=1S/C25H22ClN3O4/c1-15-23(28-25(31)32-16(2)20-10-3-4-11-21(20)26)24(33-29-15)18-8-5-7-17(13-18)22-12-6-9-19(14-30)27-22/h3-13,16,30H,14H2,1-2H3,(H,28,31). The molecule has 1 unspecified atom stereocenters. The third kappa shape index (κ3) is 5.05. The lowest BCUT2D eigenvalue weighted by molar-refractivity contribution is 0.121. The number of anilines is 1. The van der Waals surface area contributed by atoms with E-state index in [1.54, 1.807) is 26.0 Å². The molecule has 33 heavy (non-hydrogen) atoms. The van der Waals surface area contributed by atoms with Crippen LogP contribution in [0, 0.1) is 6.92 Å². The number of carbonyl (C=O) groups is 1. The molecule has 2 aromatic carbocycles. The number of hydrogen-bond acceptors (Lipinski definition) is 6. The first-order valence-electron chi connectivity index (χ1n) is 10.3. The summed E-state index contributed by atoms with van der Waals surface area (Å²) < 4.78 is 11.0. The minimum atomic E-state index is -0.650. The van der Waals surface area contributed by atoms with Crippen molar-refractivity contribution in [2.24, 2.45) is 0 Å². The largest absolute Gasteiger partial charge is 0.441 e. The van der Waals surface area contributed by atoms with Crippen molar-refractivity contribution in [1.29, 1.82) is 0 Å². The molecule has 8 heteroatoms. The molecule has 168 valence electrons. The first-order chi connectivity index (χ1) is 16.0. The zero-order valence-electron chi connectivity index (χ0n) is 18.1. The second kappa shape index (κ2) is 9.85. The van der Waals surface area contributed by atoms with Crippen LogP contribution < -0.4 is 5.32 Å². The zero-order valence-corrected chi connectivity index (χ0v) is 18.8. The molecule has 2 aromatic heterocycles. The van der Waals surface area contributed by atoms with E-state index >= 15 is 0 Å². The molecule has 0 aliphatic heterocycles. The molecule has 2 heterocycles. The van der Waals surface area contributed by atoms with E-state index in [-0.39, 0.29) is 6.61 Å². The molecule has 4 aromatic rings. The molecular formula is C25H22ClN3O4. The minimum Gasteiger partial charge on any atom is -0.441 e. The van der Waals surface area contributed by atoms with E-state index in [4.69, 9.17) is 20.9 Å². The molecule has 0 saturated carbocycles. The molecule has 0 aliphatic carbocycles. The van der Waals surface area contributed by atoms with Gasteiger partial charge in [0, 0.05) is 21.7 Å². The molecule has 7 nitrogen and oxygen atoms in total. The Hall–Kier alpha value is -3.68. The molecule has 0 spiro atoms. The van der Waals surface area contributed by atoms with E-state index in [1.807, 2.05) is 54.6 Å². The van der Waals surface area contributed by atoms with E-state index in [9.17, 15) is 9.90 Å². The number of nitrogens with one attached hydrogen (secondary N) is 1. The zero-order chi connectivity index (χ0) is 23.4. The maximum absolute atomic E-state index is 12.6. The van der Waals surface area contributed by atoms with Crippen LogP contribution in [0.25, 0.3) is 22.6 Å². The quantitative estimate of drug-likeness (QED) is 0.355. The van der Waals surface area contributed by atoms with Crippen molar-refractivity contribution in [3.05, 3.63) is 88.7 Å². The minimum absolute atomic E-state index is 0.141. The number of pyridine rings is 1. The number of aromatic nitrogens is 2. The van der Waals surface area contributed by atoms with Gasteiger partial charge in [0.1, 0.15) is 17.5 Å². The van der Waals surface area contributed by atoms with Crippen LogP contribution in [0.5, 0.6) is 0 Å². The van der Waals surface area contributed by atoms with Crippen LogP contribution >= 0.6 is 11.6 Å². The van der Waals surface area contributed by atoms with E-state index in [2.05, 4.69) is 15.5 Å². The van der Waals surface area contributed by atoms with Gasteiger partial charge in [-0.25, -0.2) is 4.79 Å². The second-order valence-electron chi connectivity index (χ2n) is 7.42. The molecule has 0 bridgehead atoms. The predicted octanol–water partition coefficient (Wildman–Crippen LogP) is 6.17. The van der Waals surface area contributed by atoms with Gasteiger partial charge in [-0.3, -0.25) is 10.3 Å². The highest BCUT2D eigenvalue weighted by molar-refractivity contribution is 6.31. The molecule has 1 atom stereocenters. The van der Waals surface area contributed by atoms with Gasteiger partial charge in [-0.05, 0) is 38.1 Å². The highest BCUT2D eigenvalue weighted by Gasteiger charge is 2.21. The number of hydrogen-bond donors (Lipinski definition) is 2. The number of benzene rings is 2. The number of ether oxygens (including phenoxy) is 1.